The predicted octanol–water partition coefficient (Wildman–Crippen LogP) is 3.48. The van der Waals surface area contributed by atoms with Crippen molar-refractivity contribution >= 4 is 17.8 Å². The normalized spacial score (nSPS) is 21.0. The summed E-state index contributed by atoms with van der Waals surface area (Å²) in [5.74, 6) is -1.10. The van der Waals surface area contributed by atoms with Crippen molar-refractivity contribution in [1.82, 2.24) is 15.1 Å². The molecule has 0 unspecified atom stereocenters. The van der Waals surface area contributed by atoms with Crippen molar-refractivity contribution in [3.05, 3.63) is 70.0 Å². The maximum atomic E-state index is 13.9. The van der Waals surface area contributed by atoms with Gasteiger partial charge >= 0.3 is 6.03 Å². The Kier molecular flexibility index (Phi) is 5.29. The van der Waals surface area contributed by atoms with Crippen LogP contribution in [0.4, 0.5) is 9.18 Å². The fraction of sp³-hybridized carbons (Fsp3) is 0.375. The van der Waals surface area contributed by atoms with E-state index < -0.39 is 17.4 Å². The van der Waals surface area contributed by atoms with E-state index in [1.807, 2.05) is 32.0 Å². The monoisotopic (exact) mass is 423 g/mol. The molecule has 2 aliphatic rings. The van der Waals surface area contributed by atoms with Crippen LogP contribution in [0.1, 0.15) is 45.5 Å². The molecule has 0 bridgehead atoms. The maximum absolute atomic E-state index is 13.9. The number of carbonyl (C=O) groups excluding carboxylic acids is 3. The third-order valence-electron chi connectivity index (χ3n) is 6.28. The van der Waals surface area contributed by atoms with E-state index in [0.29, 0.717) is 24.9 Å². The molecule has 0 aromatic heterocycles. The second kappa shape index (κ2) is 7.80. The van der Waals surface area contributed by atoms with Gasteiger partial charge in [-0.05, 0) is 62.4 Å². The molecule has 0 saturated carbocycles. The van der Waals surface area contributed by atoms with Crippen LogP contribution in [0.15, 0.2) is 36.4 Å². The zero-order chi connectivity index (χ0) is 22.3. The van der Waals surface area contributed by atoms with Gasteiger partial charge < -0.3 is 10.2 Å². The van der Waals surface area contributed by atoms with Crippen LogP contribution < -0.4 is 5.32 Å². The summed E-state index contributed by atoms with van der Waals surface area (Å²) in [7, 11) is 0. The Hall–Kier alpha value is -3.22. The minimum atomic E-state index is -1.13. The molecule has 2 fully saturated rings. The third kappa shape index (κ3) is 3.80. The van der Waals surface area contributed by atoms with Gasteiger partial charge in [0, 0.05) is 12.1 Å². The van der Waals surface area contributed by atoms with Crippen molar-refractivity contribution in [3.63, 3.8) is 0 Å². The van der Waals surface area contributed by atoms with Gasteiger partial charge in [0.25, 0.3) is 11.8 Å². The van der Waals surface area contributed by atoms with Gasteiger partial charge in [-0.1, -0.05) is 29.8 Å². The molecule has 2 aromatic carbocycles. The molecular formula is C24H26FN3O3. The first-order valence-electron chi connectivity index (χ1n) is 10.5. The first-order valence-corrected chi connectivity index (χ1v) is 10.5. The number of aryl methyl sites for hydroxylation is 3. The number of carbonyl (C=O) groups is 3. The Bertz CT molecular complexity index is 1080. The molecule has 0 aliphatic carbocycles. The van der Waals surface area contributed by atoms with Gasteiger partial charge in [0.1, 0.15) is 11.4 Å². The van der Waals surface area contributed by atoms with Crippen LogP contribution in [0.2, 0.25) is 0 Å². The summed E-state index contributed by atoms with van der Waals surface area (Å²) in [6.07, 6.45) is 1.04. The summed E-state index contributed by atoms with van der Waals surface area (Å²) < 4.78 is 13.9. The molecule has 2 heterocycles. The molecule has 162 valence electrons. The Balaban J connectivity index is 1.55. The Morgan fingerprint density at radius 1 is 1.10 bits per heavy atom. The number of hydrogen-bond acceptors (Lipinski definition) is 3. The van der Waals surface area contributed by atoms with Crippen molar-refractivity contribution < 1.29 is 18.8 Å². The minimum absolute atomic E-state index is 0.0786. The lowest BCUT2D eigenvalue weighted by Gasteiger charge is -2.38. The number of nitrogens with one attached hydrogen (secondary N) is 1. The molecule has 2 aliphatic heterocycles. The van der Waals surface area contributed by atoms with Crippen molar-refractivity contribution in [2.45, 2.75) is 45.7 Å². The number of piperidine rings is 1. The van der Waals surface area contributed by atoms with E-state index in [9.17, 15) is 18.8 Å². The lowest BCUT2D eigenvalue weighted by atomic mass is 9.88. The van der Waals surface area contributed by atoms with Gasteiger partial charge in [-0.3, -0.25) is 14.5 Å². The molecule has 4 amide bonds. The van der Waals surface area contributed by atoms with Gasteiger partial charge in [0.2, 0.25) is 0 Å². The zero-order valence-electron chi connectivity index (χ0n) is 18.0. The molecule has 1 atom stereocenters. The van der Waals surface area contributed by atoms with Crippen LogP contribution in [0.25, 0.3) is 0 Å². The fourth-order valence-electron chi connectivity index (χ4n) is 4.37. The summed E-state index contributed by atoms with van der Waals surface area (Å²) in [5, 5.41) is 2.85. The van der Waals surface area contributed by atoms with Crippen LogP contribution >= 0.6 is 0 Å². The van der Waals surface area contributed by atoms with E-state index in [1.165, 1.54) is 15.9 Å². The number of imide groups is 1. The Morgan fingerprint density at radius 3 is 2.58 bits per heavy atom. The smallest absolute Gasteiger partial charge is 0.325 e. The molecule has 1 N–H and O–H groups in total. The molecule has 0 radical (unpaired) electrons. The standard InChI is InChI=1S/C24H26FN3O3/c1-15-5-6-16(2)19(11-15)13-28-22(30)24(26-23(28)31)9-4-10-27(14-24)21(29)18-8-7-17(3)20(25)12-18/h5-8,11-12H,4,9-10,13-14H2,1-3H3,(H,26,31)/t24-/m1/s1. The quantitative estimate of drug-likeness (QED) is 0.769. The Labute approximate surface area is 181 Å². The SMILES string of the molecule is Cc1ccc(C)c(CN2C(=O)N[C@@]3(CCCN(C(=O)c4ccc(C)c(F)c4)C3)C2=O)c1. The number of likely N-dealkylation sites (tertiary alicyclic amines) is 1. The topological polar surface area (TPSA) is 69.7 Å². The molecule has 6 nitrogen and oxygen atoms in total. The first kappa shape index (κ1) is 21.0. The van der Waals surface area contributed by atoms with Crippen LogP contribution in [-0.4, -0.2) is 46.3 Å². The molecule has 2 saturated heterocycles. The van der Waals surface area contributed by atoms with Gasteiger partial charge in [-0.25, -0.2) is 9.18 Å². The second-order valence-corrected chi connectivity index (χ2v) is 8.63. The van der Waals surface area contributed by atoms with E-state index in [0.717, 1.165) is 16.7 Å². The number of amides is 4. The summed E-state index contributed by atoms with van der Waals surface area (Å²) >= 11 is 0. The number of benzene rings is 2. The second-order valence-electron chi connectivity index (χ2n) is 8.63. The predicted molar refractivity (Wildman–Crippen MR) is 114 cm³/mol. The number of rotatable bonds is 3. The summed E-state index contributed by atoms with van der Waals surface area (Å²) in [6, 6.07) is 9.87. The highest BCUT2D eigenvalue weighted by Crippen LogP contribution is 2.30. The maximum Gasteiger partial charge on any atom is 0.325 e. The lowest BCUT2D eigenvalue weighted by Crippen LogP contribution is -2.59. The highest BCUT2D eigenvalue weighted by molar-refractivity contribution is 6.07. The van der Waals surface area contributed by atoms with Gasteiger partial charge in [0.05, 0.1) is 13.1 Å². The average molecular weight is 423 g/mol. The van der Waals surface area contributed by atoms with Crippen molar-refractivity contribution in [2.24, 2.45) is 0 Å². The van der Waals surface area contributed by atoms with Crippen LogP contribution in [-0.2, 0) is 11.3 Å². The van der Waals surface area contributed by atoms with Crippen LogP contribution in [0, 0.1) is 26.6 Å². The van der Waals surface area contributed by atoms with Crippen molar-refractivity contribution in [2.75, 3.05) is 13.1 Å². The van der Waals surface area contributed by atoms with E-state index in [4.69, 9.17) is 0 Å². The van der Waals surface area contributed by atoms with Gasteiger partial charge in [0.15, 0.2) is 0 Å². The number of urea groups is 1. The molecule has 7 heteroatoms. The highest BCUT2D eigenvalue weighted by atomic mass is 19.1. The fourth-order valence-corrected chi connectivity index (χ4v) is 4.37. The first-order chi connectivity index (χ1) is 14.7. The molecule has 2 aromatic rings. The molecule has 31 heavy (non-hydrogen) atoms. The van der Waals surface area contributed by atoms with Gasteiger partial charge in [-0.15, -0.1) is 0 Å². The van der Waals surface area contributed by atoms with Crippen LogP contribution in [0.5, 0.6) is 0 Å². The van der Waals surface area contributed by atoms with Gasteiger partial charge in [-0.2, -0.15) is 0 Å². The highest BCUT2D eigenvalue weighted by Gasteiger charge is 2.53. The largest absolute Gasteiger partial charge is 0.336 e. The van der Waals surface area contributed by atoms with E-state index in [1.54, 1.807) is 19.1 Å². The number of halogens is 1. The number of hydrogen-bond donors (Lipinski definition) is 1. The van der Waals surface area contributed by atoms with Crippen molar-refractivity contribution in [1.29, 1.82) is 0 Å². The molecule has 1 spiro atoms. The third-order valence-corrected chi connectivity index (χ3v) is 6.28. The number of nitrogens with zero attached hydrogens (tertiary/aromatic N) is 2. The van der Waals surface area contributed by atoms with E-state index >= 15 is 0 Å². The average Bonchev–Trinajstić information content (AvgIpc) is 2.96. The lowest BCUT2D eigenvalue weighted by molar-refractivity contribution is -0.133. The molecular weight excluding hydrogens is 397 g/mol. The Morgan fingerprint density at radius 2 is 1.84 bits per heavy atom. The minimum Gasteiger partial charge on any atom is -0.336 e. The summed E-state index contributed by atoms with van der Waals surface area (Å²) in [5.41, 5.74) is 2.55. The summed E-state index contributed by atoms with van der Waals surface area (Å²) in [6.45, 7) is 6.28. The zero-order valence-corrected chi connectivity index (χ0v) is 18.0. The van der Waals surface area contributed by atoms with E-state index in [2.05, 4.69) is 5.32 Å². The molecule has 4 rings (SSSR count). The summed E-state index contributed by atoms with van der Waals surface area (Å²) in [4.78, 5) is 41.8. The van der Waals surface area contributed by atoms with Crippen molar-refractivity contribution in [3.8, 4) is 0 Å². The van der Waals surface area contributed by atoms with Crippen LogP contribution in [0.3, 0.4) is 0 Å². The van der Waals surface area contributed by atoms with E-state index in [-0.39, 0.29) is 30.5 Å².